The van der Waals surface area contributed by atoms with Gasteiger partial charge in [-0.2, -0.15) is 0 Å². The average molecular weight is 270 g/mol. The molecule has 0 saturated heterocycles. The number of furan rings is 1. The number of aliphatic hydroxyl groups excluding tert-OH is 1. The number of carbonyl (C=O) groups is 2. The Hall–Kier alpha value is -2.02. The first-order chi connectivity index (χ1) is 8.93. The van der Waals surface area contributed by atoms with Crippen LogP contribution in [0, 0.1) is 6.92 Å². The molecule has 0 spiro atoms. The van der Waals surface area contributed by atoms with Crippen molar-refractivity contribution in [3.63, 3.8) is 0 Å². The van der Waals surface area contributed by atoms with Crippen molar-refractivity contribution in [3.05, 3.63) is 23.7 Å². The molecule has 0 unspecified atom stereocenters. The molecule has 0 aliphatic rings. The lowest BCUT2D eigenvalue weighted by molar-refractivity contribution is -0.139. The number of aryl methyl sites for hydroxylation is 1. The van der Waals surface area contributed by atoms with Gasteiger partial charge in [0.25, 0.3) is 0 Å². The zero-order valence-corrected chi connectivity index (χ0v) is 10.9. The first-order valence-corrected chi connectivity index (χ1v) is 5.84. The van der Waals surface area contributed by atoms with E-state index >= 15 is 0 Å². The van der Waals surface area contributed by atoms with E-state index in [9.17, 15) is 9.59 Å². The molecule has 0 aliphatic carbocycles. The summed E-state index contributed by atoms with van der Waals surface area (Å²) >= 11 is 0. The van der Waals surface area contributed by atoms with Crippen LogP contribution in [0.3, 0.4) is 0 Å². The highest BCUT2D eigenvalue weighted by Crippen LogP contribution is 2.08. The van der Waals surface area contributed by atoms with E-state index in [1.807, 2.05) is 0 Å². The fraction of sp³-hybridized carbons (Fsp3) is 0.500. The summed E-state index contributed by atoms with van der Waals surface area (Å²) in [6.07, 6.45) is -0.0330. The second kappa shape index (κ2) is 6.79. The molecule has 0 aliphatic heterocycles. The lowest BCUT2D eigenvalue weighted by Gasteiger charge is -2.20. The molecule has 1 rings (SSSR count). The van der Waals surface area contributed by atoms with Crippen LogP contribution in [0.2, 0.25) is 0 Å². The maximum absolute atomic E-state index is 11.8. The highest BCUT2D eigenvalue weighted by Gasteiger charge is 2.21. The summed E-state index contributed by atoms with van der Waals surface area (Å²) in [4.78, 5) is 23.9. The topological polar surface area (TPSA) is 103 Å². The number of nitrogens with zero attached hydrogens (tertiary/aromatic N) is 1. The summed E-state index contributed by atoms with van der Waals surface area (Å²) in [5.74, 6) is 0.182. The first kappa shape index (κ1) is 15.0. The van der Waals surface area contributed by atoms with Gasteiger partial charge in [0.1, 0.15) is 17.6 Å². The summed E-state index contributed by atoms with van der Waals surface area (Å²) in [6.45, 7) is 1.73. The summed E-state index contributed by atoms with van der Waals surface area (Å²) in [5.41, 5.74) is 0. The molecule has 19 heavy (non-hydrogen) atoms. The van der Waals surface area contributed by atoms with Gasteiger partial charge >= 0.3 is 12.0 Å². The van der Waals surface area contributed by atoms with Crippen molar-refractivity contribution in [3.8, 4) is 0 Å². The number of carboxylic acid groups (broad SMARTS) is 1. The van der Waals surface area contributed by atoms with Crippen molar-refractivity contribution in [2.24, 2.45) is 0 Å². The molecular formula is C12H18N2O5. The van der Waals surface area contributed by atoms with Gasteiger partial charge in [0.05, 0.1) is 6.54 Å². The van der Waals surface area contributed by atoms with E-state index in [1.165, 1.54) is 11.9 Å². The lowest BCUT2D eigenvalue weighted by Crippen LogP contribution is -2.46. The Balaban J connectivity index is 2.54. The van der Waals surface area contributed by atoms with Crippen LogP contribution in [0.15, 0.2) is 16.5 Å². The van der Waals surface area contributed by atoms with Gasteiger partial charge in [0.15, 0.2) is 0 Å². The highest BCUT2D eigenvalue weighted by atomic mass is 16.4. The van der Waals surface area contributed by atoms with Crippen LogP contribution in [0.25, 0.3) is 0 Å². The number of carboxylic acids is 1. The normalized spacial score (nSPS) is 11.9. The van der Waals surface area contributed by atoms with E-state index in [0.29, 0.717) is 5.76 Å². The molecule has 3 N–H and O–H groups in total. The summed E-state index contributed by atoms with van der Waals surface area (Å²) in [6, 6.07) is 1.90. The van der Waals surface area contributed by atoms with Crippen LogP contribution in [0.5, 0.6) is 0 Å². The Morgan fingerprint density at radius 1 is 1.47 bits per heavy atom. The zero-order chi connectivity index (χ0) is 14.4. The minimum Gasteiger partial charge on any atom is -0.480 e. The van der Waals surface area contributed by atoms with Crippen molar-refractivity contribution in [2.45, 2.75) is 25.9 Å². The average Bonchev–Trinajstić information content (AvgIpc) is 2.73. The van der Waals surface area contributed by atoms with Crippen molar-refractivity contribution in [1.29, 1.82) is 0 Å². The molecule has 1 aromatic rings. The maximum Gasteiger partial charge on any atom is 0.326 e. The summed E-state index contributed by atoms with van der Waals surface area (Å²) < 4.78 is 5.33. The third kappa shape index (κ3) is 4.63. The van der Waals surface area contributed by atoms with Crippen LogP contribution >= 0.6 is 0 Å². The molecular weight excluding hydrogens is 252 g/mol. The van der Waals surface area contributed by atoms with Crippen LogP contribution in [-0.2, 0) is 11.3 Å². The molecule has 7 nitrogen and oxygen atoms in total. The molecule has 106 valence electrons. The predicted octanol–water partition coefficient (Wildman–Crippen LogP) is 0.565. The fourth-order valence-electron chi connectivity index (χ4n) is 1.52. The third-order valence-electron chi connectivity index (χ3n) is 2.55. The van der Waals surface area contributed by atoms with Gasteiger partial charge in [0, 0.05) is 20.1 Å². The van der Waals surface area contributed by atoms with Gasteiger partial charge in [-0.15, -0.1) is 0 Å². The maximum atomic E-state index is 11.8. The van der Waals surface area contributed by atoms with Gasteiger partial charge in [0.2, 0.25) is 0 Å². The number of urea groups is 1. The Bertz CT molecular complexity index is 443. The molecule has 1 aromatic heterocycles. The zero-order valence-electron chi connectivity index (χ0n) is 10.9. The second-order valence-electron chi connectivity index (χ2n) is 4.22. The van der Waals surface area contributed by atoms with Crippen LogP contribution in [0.4, 0.5) is 4.79 Å². The minimum atomic E-state index is -1.18. The highest BCUT2D eigenvalue weighted by molar-refractivity contribution is 5.82. The molecule has 1 heterocycles. The Kier molecular flexibility index (Phi) is 5.37. The molecule has 0 aromatic carbocycles. The Morgan fingerprint density at radius 2 is 2.16 bits per heavy atom. The monoisotopic (exact) mass is 270 g/mol. The van der Waals surface area contributed by atoms with E-state index in [1.54, 1.807) is 19.1 Å². The third-order valence-corrected chi connectivity index (χ3v) is 2.55. The largest absolute Gasteiger partial charge is 0.480 e. The smallest absolute Gasteiger partial charge is 0.326 e. The van der Waals surface area contributed by atoms with E-state index in [-0.39, 0.29) is 19.6 Å². The number of hydrogen-bond donors (Lipinski definition) is 3. The van der Waals surface area contributed by atoms with Crippen LogP contribution in [-0.4, -0.2) is 46.8 Å². The number of aliphatic carboxylic acids is 1. The van der Waals surface area contributed by atoms with Gasteiger partial charge in [-0.05, 0) is 19.1 Å². The number of aliphatic hydroxyl groups is 1. The molecule has 0 radical (unpaired) electrons. The number of carbonyl (C=O) groups excluding carboxylic acids is 1. The van der Waals surface area contributed by atoms with Gasteiger partial charge in [-0.25, -0.2) is 9.59 Å². The van der Waals surface area contributed by atoms with E-state index in [2.05, 4.69) is 5.32 Å². The van der Waals surface area contributed by atoms with Crippen molar-refractivity contribution >= 4 is 12.0 Å². The number of rotatable bonds is 6. The molecule has 7 heteroatoms. The van der Waals surface area contributed by atoms with Crippen LogP contribution < -0.4 is 5.32 Å². The number of amides is 2. The molecule has 1 atom stereocenters. The molecule has 2 amide bonds. The fourth-order valence-corrected chi connectivity index (χ4v) is 1.52. The van der Waals surface area contributed by atoms with E-state index in [4.69, 9.17) is 14.6 Å². The Morgan fingerprint density at radius 3 is 2.63 bits per heavy atom. The van der Waals surface area contributed by atoms with Gasteiger partial charge in [-0.3, -0.25) is 0 Å². The van der Waals surface area contributed by atoms with Gasteiger partial charge < -0.3 is 24.8 Å². The van der Waals surface area contributed by atoms with Crippen molar-refractivity contribution in [1.82, 2.24) is 10.2 Å². The van der Waals surface area contributed by atoms with Crippen molar-refractivity contribution in [2.75, 3.05) is 13.7 Å². The number of nitrogens with one attached hydrogen (secondary N) is 1. The van der Waals surface area contributed by atoms with Gasteiger partial charge in [-0.1, -0.05) is 0 Å². The second-order valence-corrected chi connectivity index (χ2v) is 4.22. The summed E-state index contributed by atoms with van der Waals surface area (Å²) in [7, 11) is 1.53. The number of hydrogen-bond acceptors (Lipinski definition) is 4. The lowest BCUT2D eigenvalue weighted by atomic mass is 10.2. The predicted molar refractivity (Wildman–Crippen MR) is 66.6 cm³/mol. The SMILES string of the molecule is Cc1ccc(CN(C)C(=O)N[C@@H](CCO)C(=O)O)o1. The quantitative estimate of drug-likeness (QED) is 0.701. The standard InChI is InChI=1S/C12H18N2O5/c1-8-3-4-9(19-8)7-14(2)12(18)13-10(5-6-15)11(16)17/h3-4,10,15H,5-7H2,1-2H3,(H,13,18)(H,16,17)/t10-/m0/s1. The Labute approximate surface area is 110 Å². The molecule has 0 bridgehead atoms. The first-order valence-electron chi connectivity index (χ1n) is 5.84. The molecule has 0 fully saturated rings. The van der Waals surface area contributed by atoms with Crippen molar-refractivity contribution < 1.29 is 24.2 Å². The minimum absolute atomic E-state index is 0.0330. The van der Waals surface area contributed by atoms with E-state index < -0.39 is 18.0 Å². The van der Waals surface area contributed by atoms with E-state index in [0.717, 1.165) is 5.76 Å². The van der Waals surface area contributed by atoms with Crippen LogP contribution in [0.1, 0.15) is 17.9 Å². The summed E-state index contributed by atoms with van der Waals surface area (Å²) in [5, 5.41) is 19.9. The molecule has 0 saturated carbocycles.